The molecule has 0 spiro atoms. The van der Waals surface area contributed by atoms with E-state index < -0.39 is 0 Å². The second-order valence-corrected chi connectivity index (χ2v) is 7.02. The highest BCUT2D eigenvalue weighted by atomic mass is 19.1. The normalized spacial score (nSPS) is 18.8. The van der Waals surface area contributed by atoms with Gasteiger partial charge in [0.15, 0.2) is 0 Å². The summed E-state index contributed by atoms with van der Waals surface area (Å²) in [6.45, 7) is 1.15. The maximum atomic E-state index is 13.4. The van der Waals surface area contributed by atoms with Crippen molar-refractivity contribution in [3.8, 4) is 11.1 Å². The van der Waals surface area contributed by atoms with Crippen molar-refractivity contribution < 1.29 is 13.9 Å². The predicted octanol–water partition coefficient (Wildman–Crippen LogP) is 3.88. The van der Waals surface area contributed by atoms with Gasteiger partial charge < -0.3 is 10.1 Å². The summed E-state index contributed by atoms with van der Waals surface area (Å²) < 4.78 is 19.0. The molecule has 2 heterocycles. The van der Waals surface area contributed by atoms with E-state index in [1.54, 1.807) is 30.6 Å². The average Bonchev–Trinajstić information content (AvgIpc) is 3.15. The number of hydrogen-bond donors (Lipinski definition) is 1. The number of hydrogen-bond acceptors (Lipinski definition) is 3. The summed E-state index contributed by atoms with van der Waals surface area (Å²) in [6, 6.07) is 17.6. The number of amides is 1. The van der Waals surface area contributed by atoms with E-state index in [-0.39, 0.29) is 23.7 Å². The standard InChI is InChI=1S/C23H21FN2O2/c24-21-3-1-2-19(13-21)17-4-6-18(7-5-17)23(27)26-22-15-28-14-20(22)12-16-8-10-25-11-9-16/h1-11,13,20,22H,12,14-15H2,(H,26,27). The number of pyridine rings is 1. The van der Waals surface area contributed by atoms with Gasteiger partial charge in [0.2, 0.25) is 0 Å². The van der Waals surface area contributed by atoms with Crippen LogP contribution < -0.4 is 5.32 Å². The predicted molar refractivity (Wildman–Crippen MR) is 105 cm³/mol. The van der Waals surface area contributed by atoms with Crippen LogP contribution in [-0.4, -0.2) is 30.1 Å². The number of carbonyl (C=O) groups excluding carboxylic acids is 1. The van der Waals surface area contributed by atoms with Crippen LogP contribution in [0.15, 0.2) is 73.1 Å². The molecule has 1 aromatic heterocycles. The molecule has 0 radical (unpaired) electrons. The zero-order valence-corrected chi connectivity index (χ0v) is 15.3. The molecule has 1 saturated heterocycles. The van der Waals surface area contributed by atoms with Crippen LogP contribution in [0.4, 0.5) is 4.39 Å². The Hall–Kier alpha value is -3.05. The first-order valence-electron chi connectivity index (χ1n) is 9.32. The van der Waals surface area contributed by atoms with Gasteiger partial charge in [0.25, 0.3) is 5.91 Å². The van der Waals surface area contributed by atoms with Gasteiger partial charge in [-0.3, -0.25) is 9.78 Å². The fourth-order valence-corrected chi connectivity index (χ4v) is 3.51. The molecule has 28 heavy (non-hydrogen) atoms. The maximum absolute atomic E-state index is 13.4. The highest BCUT2D eigenvalue weighted by Gasteiger charge is 2.29. The van der Waals surface area contributed by atoms with Crippen molar-refractivity contribution in [2.75, 3.05) is 13.2 Å². The number of rotatable bonds is 5. The van der Waals surface area contributed by atoms with Crippen molar-refractivity contribution in [1.82, 2.24) is 10.3 Å². The fourth-order valence-electron chi connectivity index (χ4n) is 3.51. The zero-order chi connectivity index (χ0) is 19.3. The Balaban J connectivity index is 1.41. The fraction of sp³-hybridized carbons (Fsp3) is 0.217. The van der Waals surface area contributed by atoms with Gasteiger partial charge in [-0.05, 0) is 59.5 Å². The minimum atomic E-state index is -0.277. The monoisotopic (exact) mass is 376 g/mol. The summed E-state index contributed by atoms with van der Waals surface area (Å²) in [5.41, 5.74) is 3.42. The number of nitrogens with one attached hydrogen (secondary N) is 1. The number of benzene rings is 2. The first kappa shape index (κ1) is 18.3. The molecule has 5 heteroatoms. The molecule has 1 fully saturated rings. The molecule has 1 amide bonds. The van der Waals surface area contributed by atoms with Gasteiger partial charge >= 0.3 is 0 Å². The van der Waals surface area contributed by atoms with Gasteiger partial charge in [-0.1, -0.05) is 24.3 Å². The van der Waals surface area contributed by atoms with Crippen LogP contribution in [0.5, 0.6) is 0 Å². The van der Waals surface area contributed by atoms with Crippen LogP contribution in [0.25, 0.3) is 11.1 Å². The molecule has 4 nitrogen and oxygen atoms in total. The molecule has 0 aliphatic carbocycles. The molecular weight excluding hydrogens is 355 g/mol. The molecule has 1 aliphatic rings. The Morgan fingerprint density at radius 3 is 2.57 bits per heavy atom. The minimum Gasteiger partial charge on any atom is -0.379 e. The lowest BCUT2D eigenvalue weighted by molar-refractivity contribution is 0.0925. The number of carbonyl (C=O) groups is 1. The molecule has 1 N–H and O–H groups in total. The SMILES string of the molecule is O=C(NC1COCC1Cc1ccncc1)c1ccc(-c2cccc(F)c2)cc1. The highest BCUT2D eigenvalue weighted by molar-refractivity contribution is 5.95. The van der Waals surface area contributed by atoms with Gasteiger partial charge in [-0.2, -0.15) is 0 Å². The van der Waals surface area contributed by atoms with E-state index in [0.717, 1.165) is 17.5 Å². The second kappa shape index (κ2) is 8.31. The third-order valence-electron chi connectivity index (χ3n) is 5.07. The highest BCUT2D eigenvalue weighted by Crippen LogP contribution is 2.22. The molecule has 142 valence electrons. The lowest BCUT2D eigenvalue weighted by Crippen LogP contribution is -2.40. The zero-order valence-electron chi connectivity index (χ0n) is 15.3. The van der Waals surface area contributed by atoms with Crippen LogP contribution in [0.3, 0.4) is 0 Å². The third-order valence-corrected chi connectivity index (χ3v) is 5.07. The van der Waals surface area contributed by atoms with Crippen LogP contribution in [0.1, 0.15) is 15.9 Å². The molecule has 2 unspecified atom stereocenters. The Morgan fingerprint density at radius 1 is 1.04 bits per heavy atom. The van der Waals surface area contributed by atoms with E-state index in [1.165, 1.54) is 17.7 Å². The largest absolute Gasteiger partial charge is 0.379 e. The third kappa shape index (κ3) is 4.26. The molecule has 1 aliphatic heterocycles. The van der Waals surface area contributed by atoms with E-state index in [0.29, 0.717) is 18.8 Å². The van der Waals surface area contributed by atoms with Crippen molar-refractivity contribution in [2.45, 2.75) is 12.5 Å². The lowest BCUT2D eigenvalue weighted by atomic mass is 9.95. The van der Waals surface area contributed by atoms with Gasteiger partial charge in [0.05, 0.1) is 19.3 Å². The summed E-state index contributed by atoms with van der Waals surface area (Å²) in [7, 11) is 0. The lowest BCUT2D eigenvalue weighted by Gasteiger charge is -2.19. The van der Waals surface area contributed by atoms with E-state index in [9.17, 15) is 9.18 Å². The van der Waals surface area contributed by atoms with Gasteiger partial charge in [0.1, 0.15) is 5.82 Å². The van der Waals surface area contributed by atoms with Crippen molar-refractivity contribution in [2.24, 2.45) is 5.92 Å². The Bertz CT molecular complexity index is 944. The minimum absolute atomic E-state index is 0.0245. The van der Waals surface area contributed by atoms with Crippen LogP contribution in [0, 0.1) is 11.7 Å². The molecule has 0 saturated carbocycles. The van der Waals surface area contributed by atoms with Crippen molar-refractivity contribution >= 4 is 5.91 Å². The van der Waals surface area contributed by atoms with Crippen LogP contribution in [-0.2, 0) is 11.2 Å². The summed E-state index contributed by atoms with van der Waals surface area (Å²) in [5, 5.41) is 3.09. The van der Waals surface area contributed by atoms with Crippen LogP contribution in [0.2, 0.25) is 0 Å². The Morgan fingerprint density at radius 2 is 1.82 bits per heavy atom. The van der Waals surface area contributed by atoms with Crippen molar-refractivity contribution in [3.05, 3.63) is 90.0 Å². The summed E-state index contributed by atoms with van der Waals surface area (Å²) >= 11 is 0. The first-order chi connectivity index (χ1) is 13.7. The van der Waals surface area contributed by atoms with E-state index in [1.807, 2.05) is 30.3 Å². The topological polar surface area (TPSA) is 51.2 Å². The van der Waals surface area contributed by atoms with Crippen molar-refractivity contribution in [3.63, 3.8) is 0 Å². The van der Waals surface area contributed by atoms with E-state index >= 15 is 0 Å². The summed E-state index contributed by atoms with van der Waals surface area (Å²) in [4.78, 5) is 16.7. The maximum Gasteiger partial charge on any atom is 0.251 e. The molecule has 0 bridgehead atoms. The smallest absolute Gasteiger partial charge is 0.251 e. The van der Waals surface area contributed by atoms with Gasteiger partial charge in [0, 0.05) is 23.9 Å². The van der Waals surface area contributed by atoms with Crippen molar-refractivity contribution in [1.29, 1.82) is 0 Å². The quantitative estimate of drug-likeness (QED) is 0.735. The molecule has 3 aromatic rings. The van der Waals surface area contributed by atoms with Gasteiger partial charge in [-0.25, -0.2) is 4.39 Å². The number of nitrogens with zero attached hydrogens (tertiary/aromatic N) is 1. The molecule has 4 rings (SSSR count). The van der Waals surface area contributed by atoms with E-state index in [4.69, 9.17) is 4.74 Å². The Kier molecular flexibility index (Phi) is 5.44. The number of ether oxygens (including phenoxy) is 1. The van der Waals surface area contributed by atoms with E-state index in [2.05, 4.69) is 10.3 Å². The second-order valence-electron chi connectivity index (χ2n) is 7.02. The summed E-state index contributed by atoms with van der Waals surface area (Å²) in [6.07, 6.45) is 4.39. The van der Waals surface area contributed by atoms with Crippen LogP contribution >= 0.6 is 0 Å². The first-order valence-corrected chi connectivity index (χ1v) is 9.32. The average molecular weight is 376 g/mol. The van der Waals surface area contributed by atoms with Gasteiger partial charge in [-0.15, -0.1) is 0 Å². The molecular formula is C23H21FN2O2. The number of halogens is 1. The summed E-state index contributed by atoms with van der Waals surface area (Å²) in [5.74, 6) is -0.167. The number of aromatic nitrogens is 1. The molecule has 2 atom stereocenters. The Labute approximate surface area is 163 Å². The molecule has 2 aromatic carbocycles.